The van der Waals surface area contributed by atoms with Gasteiger partial charge in [-0.2, -0.15) is 9.97 Å². The Morgan fingerprint density at radius 2 is 1.31 bits per heavy atom. The van der Waals surface area contributed by atoms with E-state index in [4.69, 9.17) is 21.2 Å². The Morgan fingerprint density at radius 3 is 2.14 bits per heavy atom. The molecule has 0 fully saturated rings. The molecule has 1 heterocycles. The molecule has 0 amide bonds. The summed E-state index contributed by atoms with van der Waals surface area (Å²) in [5, 5.41) is -0.558. The maximum atomic E-state index is 8.72. The first-order valence-corrected chi connectivity index (χ1v) is 9.14. The first-order chi connectivity index (χ1) is 17.2. The van der Waals surface area contributed by atoms with Gasteiger partial charge in [-0.25, -0.2) is 4.98 Å². The average Bonchev–Trinajstić information content (AvgIpc) is 2.88. The number of nitrogens with zero attached hydrogens (tertiary/aromatic N) is 3. The van der Waals surface area contributed by atoms with Crippen LogP contribution in [-0.4, -0.2) is 15.0 Å². The second kappa shape index (κ2) is 7.46. The summed E-state index contributed by atoms with van der Waals surface area (Å²) in [5.74, 6) is 0.0658. The molecular weight excluding hydrogens is 378 g/mol. The van der Waals surface area contributed by atoms with Gasteiger partial charge < -0.3 is 0 Å². The van der Waals surface area contributed by atoms with Gasteiger partial charge in [-0.15, -0.1) is 0 Å². The monoisotopic (exact) mass is 400 g/mol. The molecule has 0 unspecified atom stereocenters. The van der Waals surface area contributed by atoms with Gasteiger partial charge in [0.1, 0.15) is 0 Å². The smallest absolute Gasteiger partial charge is 0.208 e. The molecule has 0 spiro atoms. The third-order valence-corrected chi connectivity index (χ3v) is 4.48. The predicted octanol–water partition coefficient (Wildman–Crippen LogP) is 6.68. The normalized spacial score (nSPS) is 14.3. The number of hydrogen-bond acceptors (Lipinski definition) is 3. The van der Waals surface area contributed by atoms with Gasteiger partial charge in [-0.3, -0.25) is 0 Å². The van der Waals surface area contributed by atoms with Gasteiger partial charge in [0.15, 0.2) is 11.6 Å². The topological polar surface area (TPSA) is 38.7 Å². The van der Waals surface area contributed by atoms with Gasteiger partial charge in [-0.1, -0.05) is 84.8 Å². The van der Waals surface area contributed by atoms with E-state index in [1.54, 1.807) is 6.07 Å². The van der Waals surface area contributed by atoms with Crippen molar-refractivity contribution < 1.29 is 9.60 Å². The second-order valence-corrected chi connectivity index (χ2v) is 6.54. The maximum absolute atomic E-state index is 8.72. The van der Waals surface area contributed by atoms with Crippen molar-refractivity contribution >= 4 is 22.4 Å². The summed E-state index contributed by atoms with van der Waals surface area (Å²) in [6.45, 7) is 0. The van der Waals surface area contributed by atoms with Gasteiger partial charge in [0.2, 0.25) is 5.28 Å². The minimum Gasteiger partial charge on any atom is -0.208 e. The van der Waals surface area contributed by atoms with Crippen LogP contribution in [0.1, 0.15) is 9.60 Å². The van der Waals surface area contributed by atoms with E-state index in [0.717, 1.165) is 11.1 Å². The van der Waals surface area contributed by atoms with Gasteiger partial charge in [0, 0.05) is 11.1 Å². The van der Waals surface area contributed by atoms with Crippen LogP contribution in [0.3, 0.4) is 0 Å². The van der Waals surface area contributed by atoms with Crippen molar-refractivity contribution in [3.8, 4) is 33.9 Å². The first kappa shape index (κ1) is 11.4. The molecule has 0 aliphatic heterocycles. The van der Waals surface area contributed by atoms with Crippen LogP contribution in [0.25, 0.3) is 44.7 Å². The molecule has 0 saturated carbocycles. The fourth-order valence-electron chi connectivity index (χ4n) is 2.95. The molecule has 5 rings (SSSR count). The molecule has 4 aromatic carbocycles. The minimum absolute atomic E-state index is 0.132. The van der Waals surface area contributed by atoms with Crippen LogP contribution in [-0.2, 0) is 0 Å². The Bertz CT molecular complexity index is 1680. The average molecular weight is 401 g/mol. The van der Waals surface area contributed by atoms with E-state index in [1.807, 2.05) is 48.5 Å². The van der Waals surface area contributed by atoms with E-state index in [9.17, 15) is 0 Å². The van der Waals surface area contributed by atoms with Crippen molar-refractivity contribution in [1.29, 1.82) is 0 Å². The number of hydrogen-bond donors (Lipinski definition) is 0. The Hall–Kier alpha value is -3.56. The van der Waals surface area contributed by atoms with Crippen molar-refractivity contribution in [2.75, 3.05) is 0 Å². The van der Waals surface area contributed by atoms with E-state index in [1.165, 1.54) is 0 Å². The van der Waals surface area contributed by atoms with Crippen LogP contribution in [0.2, 0.25) is 5.28 Å². The number of rotatable bonds is 3. The zero-order valence-electron chi connectivity index (χ0n) is 21.9. The van der Waals surface area contributed by atoms with Gasteiger partial charge in [0.25, 0.3) is 0 Å². The van der Waals surface area contributed by atoms with Crippen LogP contribution >= 0.6 is 11.6 Å². The van der Waals surface area contributed by atoms with E-state index >= 15 is 0 Å². The number of halogens is 1. The molecule has 0 bridgehead atoms. The summed E-state index contributed by atoms with van der Waals surface area (Å²) in [7, 11) is 0. The van der Waals surface area contributed by atoms with Crippen LogP contribution in [0, 0.1) is 0 Å². The fraction of sp³-hybridized carbons (Fsp3) is 0. The van der Waals surface area contributed by atoms with Gasteiger partial charge in [0.05, 0.1) is 9.60 Å². The minimum atomic E-state index is -0.531. The highest BCUT2D eigenvalue weighted by atomic mass is 35.5. The first-order valence-electron chi connectivity index (χ1n) is 12.3. The molecule has 0 radical (unpaired) electrons. The fourth-order valence-corrected chi connectivity index (χ4v) is 3.11. The summed E-state index contributed by atoms with van der Waals surface area (Å²) >= 11 is 6.22. The Balaban J connectivity index is 1.75. The van der Waals surface area contributed by atoms with Crippen molar-refractivity contribution in [1.82, 2.24) is 15.0 Å². The lowest BCUT2D eigenvalue weighted by Crippen LogP contribution is -1.97. The zero-order chi connectivity index (χ0) is 25.7. The summed E-state index contributed by atoms with van der Waals surface area (Å²) in [4.78, 5) is 12.8. The zero-order valence-corrected chi connectivity index (χ0v) is 15.7. The van der Waals surface area contributed by atoms with Gasteiger partial charge >= 0.3 is 0 Å². The standard InChI is InChI=1S/C25H16ClN3/c26-25-28-23(21-12-6-11-20(15-21)17-7-2-1-3-8-17)27-24(29-25)22-14-13-18-9-4-5-10-19(18)16-22/h1-16H/i4D,5D,9D,10D,13D,14D,16D. The van der Waals surface area contributed by atoms with Crippen molar-refractivity contribution in [3.05, 3.63) is 102 Å². The van der Waals surface area contributed by atoms with E-state index < -0.39 is 36.3 Å². The van der Waals surface area contributed by atoms with E-state index in [2.05, 4.69) is 15.0 Å². The molecule has 0 aliphatic rings. The molecular formula is C25H16ClN3. The van der Waals surface area contributed by atoms with E-state index in [-0.39, 0.29) is 39.3 Å². The van der Waals surface area contributed by atoms with Crippen molar-refractivity contribution in [3.63, 3.8) is 0 Å². The van der Waals surface area contributed by atoms with Crippen LogP contribution in [0.5, 0.6) is 0 Å². The van der Waals surface area contributed by atoms with Crippen LogP contribution in [0.4, 0.5) is 0 Å². The molecule has 4 heteroatoms. The predicted molar refractivity (Wildman–Crippen MR) is 119 cm³/mol. The highest BCUT2D eigenvalue weighted by molar-refractivity contribution is 6.28. The lowest BCUT2D eigenvalue weighted by molar-refractivity contribution is 1.07. The third-order valence-electron chi connectivity index (χ3n) is 4.31. The van der Waals surface area contributed by atoms with Crippen molar-refractivity contribution in [2.24, 2.45) is 0 Å². The summed E-state index contributed by atoms with van der Waals surface area (Å²) < 4.78 is 58.0. The highest BCUT2D eigenvalue weighted by Gasteiger charge is 2.11. The molecule has 138 valence electrons. The molecule has 0 N–H and O–H groups in total. The molecule has 0 aliphatic carbocycles. The summed E-state index contributed by atoms with van der Waals surface area (Å²) in [5.41, 5.74) is 2.36. The highest BCUT2D eigenvalue weighted by Crippen LogP contribution is 2.27. The Kier molecular flexibility index (Phi) is 2.94. The molecule has 29 heavy (non-hydrogen) atoms. The maximum Gasteiger partial charge on any atom is 0.226 e. The van der Waals surface area contributed by atoms with Crippen LogP contribution in [0.15, 0.2) is 96.9 Å². The lowest BCUT2D eigenvalue weighted by Gasteiger charge is -2.08. The molecule has 1 aromatic heterocycles. The molecule has 3 nitrogen and oxygen atoms in total. The molecule has 5 aromatic rings. The number of benzene rings is 4. The Labute approximate surface area is 183 Å². The summed E-state index contributed by atoms with van der Waals surface area (Å²) in [6.07, 6.45) is 0. The number of aromatic nitrogens is 3. The second-order valence-electron chi connectivity index (χ2n) is 6.20. The van der Waals surface area contributed by atoms with Crippen LogP contribution < -0.4 is 0 Å². The Morgan fingerprint density at radius 1 is 0.621 bits per heavy atom. The number of fused-ring (bicyclic) bond motifs is 1. The SMILES string of the molecule is [2H]c1c([2H])c([2H])c2c([2H])c(-c3nc(Cl)nc(-c4cccc(-c5ccccc5)c4)n3)c([2H])c([2H])c2c1[2H]. The van der Waals surface area contributed by atoms with Crippen molar-refractivity contribution in [2.45, 2.75) is 0 Å². The van der Waals surface area contributed by atoms with Gasteiger partial charge in [-0.05, 0) is 45.6 Å². The lowest BCUT2D eigenvalue weighted by atomic mass is 10.0. The quantitative estimate of drug-likeness (QED) is 0.339. The molecule has 0 atom stereocenters. The van der Waals surface area contributed by atoms with E-state index in [0.29, 0.717) is 5.56 Å². The summed E-state index contributed by atoms with van der Waals surface area (Å²) in [6, 6.07) is 13.9. The molecule has 0 saturated heterocycles. The third kappa shape index (κ3) is 3.60. The largest absolute Gasteiger partial charge is 0.226 e.